The lowest BCUT2D eigenvalue weighted by Gasteiger charge is -2.07. The van der Waals surface area contributed by atoms with Gasteiger partial charge in [0.05, 0.1) is 11.9 Å². The number of carboxylic acids is 1. The molecule has 3 aromatic heterocycles. The number of aromatic nitrogens is 5. The van der Waals surface area contributed by atoms with Gasteiger partial charge in [-0.05, 0) is 13.0 Å². The number of nitrogens with zero attached hydrogens (tertiary/aromatic N) is 5. The molecule has 0 bridgehead atoms. The summed E-state index contributed by atoms with van der Waals surface area (Å²) >= 11 is 0. The Morgan fingerprint density at radius 2 is 2.26 bits per heavy atom. The summed E-state index contributed by atoms with van der Waals surface area (Å²) in [6.45, 7) is 1.82. The Hall–Kier alpha value is -2.90. The molecule has 0 aliphatic rings. The fourth-order valence-corrected chi connectivity index (χ4v) is 1.93. The molecule has 8 nitrogen and oxygen atoms in total. The molecule has 0 amide bonds. The third-order valence-electron chi connectivity index (χ3n) is 2.77. The minimum Gasteiger partial charge on any atom is -0.478 e. The van der Waals surface area contributed by atoms with Gasteiger partial charge >= 0.3 is 5.97 Å². The van der Waals surface area contributed by atoms with Crippen molar-refractivity contribution < 1.29 is 9.90 Å². The molecule has 3 aromatic rings. The van der Waals surface area contributed by atoms with E-state index in [0.717, 1.165) is 5.82 Å². The summed E-state index contributed by atoms with van der Waals surface area (Å²) in [4.78, 5) is 19.3. The molecular weight excluding hydrogens is 248 g/mol. The monoisotopic (exact) mass is 258 g/mol. The molecule has 8 heteroatoms. The van der Waals surface area contributed by atoms with E-state index < -0.39 is 5.97 Å². The van der Waals surface area contributed by atoms with Gasteiger partial charge in [0.2, 0.25) is 5.95 Å². The fourth-order valence-electron chi connectivity index (χ4n) is 1.93. The van der Waals surface area contributed by atoms with Crippen molar-refractivity contribution in [3.8, 4) is 5.69 Å². The number of carboxylic acid groups (broad SMARTS) is 1. The SMILES string of the molecule is Cc1nccn1-c1cc(C(=O)O)c2nc(N)nn2c1. The maximum Gasteiger partial charge on any atom is 0.339 e. The summed E-state index contributed by atoms with van der Waals surface area (Å²) < 4.78 is 3.11. The minimum atomic E-state index is -1.09. The van der Waals surface area contributed by atoms with Crippen LogP contribution in [-0.4, -0.2) is 35.2 Å². The minimum absolute atomic E-state index is 0.0296. The molecule has 0 radical (unpaired) electrons. The molecule has 0 unspecified atom stereocenters. The molecule has 0 atom stereocenters. The van der Waals surface area contributed by atoms with Gasteiger partial charge in [-0.1, -0.05) is 0 Å². The lowest BCUT2D eigenvalue weighted by molar-refractivity contribution is 0.0698. The lowest BCUT2D eigenvalue weighted by atomic mass is 10.2. The van der Waals surface area contributed by atoms with E-state index in [0.29, 0.717) is 5.69 Å². The van der Waals surface area contributed by atoms with Gasteiger partial charge in [-0.3, -0.25) is 0 Å². The molecule has 3 rings (SSSR count). The zero-order valence-corrected chi connectivity index (χ0v) is 9.98. The number of nitrogens with two attached hydrogens (primary N) is 1. The molecule has 19 heavy (non-hydrogen) atoms. The van der Waals surface area contributed by atoms with Crippen LogP contribution in [-0.2, 0) is 0 Å². The van der Waals surface area contributed by atoms with Crippen molar-refractivity contribution in [2.75, 3.05) is 5.73 Å². The van der Waals surface area contributed by atoms with E-state index in [2.05, 4.69) is 15.1 Å². The van der Waals surface area contributed by atoms with Crippen molar-refractivity contribution in [1.29, 1.82) is 0 Å². The Labute approximate surface area is 107 Å². The van der Waals surface area contributed by atoms with Gasteiger partial charge in [0.25, 0.3) is 0 Å². The summed E-state index contributed by atoms with van der Waals surface area (Å²) in [6.07, 6.45) is 5.03. The van der Waals surface area contributed by atoms with Gasteiger partial charge < -0.3 is 15.4 Å². The number of anilines is 1. The maximum atomic E-state index is 11.3. The van der Waals surface area contributed by atoms with Crippen LogP contribution in [0.4, 0.5) is 5.95 Å². The molecule has 0 aromatic carbocycles. The first-order valence-corrected chi connectivity index (χ1v) is 5.46. The lowest BCUT2D eigenvalue weighted by Crippen LogP contribution is -2.06. The summed E-state index contributed by atoms with van der Waals surface area (Å²) in [5, 5.41) is 13.2. The van der Waals surface area contributed by atoms with E-state index in [-0.39, 0.29) is 17.2 Å². The fraction of sp³-hybridized carbons (Fsp3) is 0.0909. The van der Waals surface area contributed by atoms with Gasteiger partial charge in [0.15, 0.2) is 5.65 Å². The number of hydrogen-bond acceptors (Lipinski definition) is 5. The molecule has 3 N–H and O–H groups in total. The highest BCUT2D eigenvalue weighted by atomic mass is 16.4. The van der Waals surface area contributed by atoms with Crippen molar-refractivity contribution >= 4 is 17.6 Å². The Morgan fingerprint density at radius 1 is 1.47 bits per heavy atom. The molecule has 0 saturated heterocycles. The standard InChI is InChI=1S/C11H10N6O2/c1-6-13-2-3-16(6)7-4-8(10(18)19)9-14-11(12)15-17(9)5-7/h2-5H,1H3,(H2,12,15)(H,18,19). The Morgan fingerprint density at radius 3 is 2.89 bits per heavy atom. The van der Waals surface area contributed by atoms with Crippen molar-refractivity contribution in [2.45, 2.75) is 6.92 Å². The molecule has 0 spiro atoms. The molecular formula is C11H10N6O2. The first-order chi connectivity index (χ1) is 9.06. The van der Waals surface area contributed by atoms with E-state index >= 15 is 0 Å². The number of fused-ring (bicyclic) bond motifs is 1. The largest absolute Gasteiger partial charge is 0.478 e. The van der Waals surface area contributed by atoms with Gasteiger partial charge in [-0.15, -0.1) is 5.10 Å². The van der Waals surface area contributed by atoms with Crippen LogP contribution in [0, 0.1) is 6.92 Å². The van der Waals surface area contributed by atoms with Crippen LogP contribution in [0.25, 0.3) is 11.3 Å². The normalized spacial score (nSPS) is 11.0. The number of rotatable bonds is 2. The van der Waals surface area contributed by atoms with Crippen LogP contribution in [0.2, 0.25) is 0 Å². The Balaban J connectivity index is 2.33. The number of aryl methyl sites for hydroxylation is 1. The first-order valence-electron chi connectivity index (χ1n) is 5.46. The van der Waals surface area contributed by atoms with Gasteiger partial charge in [0, 0.05) is 12.4 Å². The van der Waals surface area contributed by atoms with Crippen LogP contribution in [0.15, 0.2) is 24.7 Å². The number of imidazole rings is 1. The smallest absolute Gasteiger partial charge is 0.339 e. The number of pyridine rings is 1. The third-order valence-corrected chi connectivity index (χ3v) is 2.77. The highest BCUT2D eigenvalue weighted by Crippen LogP contribution is 2.17. The predicted molar refractivity (Wildman–Crippen MR) is 66.2 cm³/mol. The van der Waals surface area contributed by atoms with E-state index in [1.165, 1.54) is 10.6 Å². The molecule has 0 aliphatic heterocycles. The van der Waals surface area contributed by atoms with Crippen LogP contribution < -0.4 is 5.73 Å². The Kier molecular flexibility index (Phi) is 2.24. The Bertz CT molecular complexity index is 788. The summed E-state index contributed by atoms with van der Waals surface area (Å²) in [6, 6.07) is 1.51. The van der Waals surface area contributed by atoms with Gasteiger partial charge in [-0.2, -0.15) is 4.98 Å². The molecule has 0 aliphatic carbocycles. The number of aromatic carboxylic acids is 1. The number of nitrogen functional groups attached to an aromatic ring is 1. The average molecular weight is 258 g/mol. The summed E-state index contributed by atoms with van der Waals surface area (Å²) in [7, 11) is 0. The average Bonchev–Trinajstić information content (AvgIpc) is 2.92. The summed E-state index contributed by atoms with van der Waals surface area (Å²) in [5.74, 6) is -0.317. The molecule has 3 heterocycles. The number of carbonyl (C=O) groups is 1. The second kappa shape index (κ2) is 3.80. The first kappa shape index (κ1) is 11.2. The van der Waals surface area contributed by atoms with E-state index in [9.17, 15) is 9.90 Å². The van der Waals surface area contributed by atoms with Crippen LogP contribution in [0.5, 0.6) is 0 Å². The highest BCUT2D eigenvalue weighted by Gasteiger charge is 2.15. The zero-order valence-electron chi connectivity index (χ0n) is 9.98. The van der Waals surface area contributed by atoms with Crippen molar-refractivity contribution in [1.82, 2.24) is 24.1 Å². The van der Waals surface area contributed by atoms with E-state index in [1.54, 1.807) is 23.2 Å². The maximum absolute atomic E-state index is 11.3. The zero-order chi connectivity index (χ0) is 13.6. The van der Waals surface area contributed by atoms with E-state index in [4.69, 9.17) is 5.73 Å². The van der Waals surface area contributed by atoms with Crippen LogP contribution in [0.3, 0.4) is 0 Å². The van der Waals surface area contributed by atoms with E-state index in [1.807, 2.05) is 6.92 Å². The van der Waals surface area contributed by atoms with Crippen molar-refractivity contribution in [2.24, 2.45) is 0 Å². The number of hydrogen-bond donors (Lipinski definition) is 2. The molecule has 0 fully saturated rings. The molecule has 96 valence electrons. The predicted octanol–water partition coefficient (Wildman–Crippen LogP) is 0.504. The summed E-state index contributed by atoms with van der Waals surface area (Å²) in [5.41, 5.74) is 6.38. The third kappa shape index (κ3) is 1.69. The second-order valence-electron chi connectivity index (χ2n) is 4.00. The van der Waals surface area contributed by atoms with Crippen LogP contribution >= 0.6 is 0 Å². The highest BCUT2D eigenvalue weighted by molar-refractivity contribution is 5.95. The topological polar surface area (TPSA) is 111 Å². The quantitative estimate of drug-likeness (QED) is 0.692. The molecule has 0 saturated carbocycles. The van der Waals surface area contributed by atoms with Crippen molar-refractivity contribution in [3.05, 3.63) is 36.0 Å². The van der Waals surface area contributed by atoms with Gasteiger partial charge in [-0.25, -0.2) is 14.3 Å². The van der Waals surface area contributed by atoms with Crippen molar-refractivity contribution in [3.63, 3.8) is 0 Å². The van der Waals surface area contributed by atoms with Crippen LogP contribution in [0.1, 0.15) is 16.2 Å². The second-order valence-corrected chi connectivity index (χ2v) is 4.00. The van der Waals surface area contributed by atoms with Gasteiger partial charge in [0.1, 0.15) is 11.4 Å².